The summed E-state index contributed by atoms with van der Waals surface area (Å²) in [4.78, 5) is 27.1. The van der Waals surface area contributed by atoms with Gasteiger partial charge in [0.2, 0.25) is 0 Å². The summed E-state index contributed by atoms with van der Waals surface area (Å²) in [6, 6.07) is 4.04. The van der Waals surface area contributed by atoms with Crippen molar-refractivity contribution in [1.29, 1.82) is 0 Å². The van der Waals surface area contributed by atoms with Gasteiger partial charge in [0.15, 0.2) is 11.6 Å². The van der Waals surface area contributed by atoms with E-state index in [1.807, 2.05) is 18.7 Å². The maximum Gasteiger partial charge on any atom is 1.00 e. The number of carbonyl (C=O) groups is 2. The van der Waals surface area contributed by atoms with Gasteiger partial charge in [-0.1, -0.05) is 19.9 Å². The van der Waals surface area contributed by atoms with Crippen molar-refractivity contribution in [1.82, 2.24) is 4.90 Å². The first kappa shape index (κ1) is 22.3. The standard InChI is InChI=1S/C20H25FN2O4.Li.H/c1-13(2)10-16(20(25)26)23-12-14(11-18(23)24)27-17-7-5-6-15(19(17)21)22-8-3-4-9-22;;/h5-7,11,13,16H,3-4,8-10,12H2,1-2H3,(H,25,26);;/q;+1;-1. The zero-order valence-electron chi connectivity index (χ0n) is 17.7. The first-order valence-corrected chi connectivity index (χ1v) is 9.32. The first-order chi connectivity index (χ1) is 12.9. The molecule has 0 aromatic heterocycles. The smallest absolute Gasteiger partial charge is 1.00 e. The molecule has 0 spiro atoms. The number of benzene rings is 1. The summed E-state index contributed by atoms with van der Waals surface area (Å²) < 4.78 is 20.5. The number of halogens is 1. The van der Waals surface area contributed by atoms with Gasteiger partial charge in [-0.05, 0) is 37.3 Å². The van der Waals surface area contributed by atoms with E-state index in [9.17, 15) is 19.1 Å². The number of ether oxygens (including phenoxy) is 1. The molecule has 8 heteroatoms. The van der Waals surface area contributed by atoms with Gasteiger partial charge in [-0.15, -0.1) is 0 Å². The Labute approximate surface area is 178 Å². The predicted molar refractivity (Wildman–Crippen MR) is 100 cm³/mol. The summed E-state index contributed by atoms with van der Waals surface area (Å²) in [5.74, 6) is -1.49. The summed E-state index contributed by atoms with van der Waals surface area (Å²) in [6.45, 7) is 5.45. The Bertz CT molecular complexity index is 769. The predicted octanol–water partition coefficient (Wildman–Crippen LogP) is 0.147. The summed E-state index contributed by atoms with van der Waals surface area (Å²) in [5.41, 5.74) is 0.495. The molecule has 1 aromatic rings. The molecule has 1 aromatic carbocycles. The van der Waals surface area contributed by atoms with Crippen molar-refractivity contribution in [3.8, 4) is 5.75 Å². The number of anilines is 1. The van der Waals surface area contributed by atoms with Crippen molar-refractivity contribution >= 4 is 17.6 Å². The molecule has 0 aliphatic carbocycles. The van der Waals surface area contributed by atoms with Crippen LogP contribution in [0.4, 0.5) is 10.1 Å². The first-order valence-electron chi connectivity index (χ1n) is 9.32. The maximum absolute atomic E-state index is 14.8. The summed E-state index contributed by atoms with van der Waals surface area (Å²) in [5, 5.41) is 9.45. The van der Waals surface area contributed by atoms with Gasteiger partial charge in [0.05, 0.1) is 12.2 Å². The van der Waals surface area contributed by atoms with Gasteiger partial charge in [0.25, 0.3) is 5.91 Å². The fraction of sp³-hybridized carbons (Fsp3) is 0.500. The molecule has 6 nitrogen and oxygen atoms in total. The molecule has 28 heavy (non-hydrogen) atoms. The number of nitrogens with zero attached hydrogens (tertiary/aromatic N) is 2. The van der Waals surface area contributed by atoms with E-state index in [1.54, 1.807) is 12.1 Å². The van der Waals surface area contributed by atoms with E-state index in [0.717, 1.165) is 25.9 Å². The molecule has 1 N–H and O–H groups in total. The van der Waals surface area contributed by atoms with Crippen molar-refractivity contribution in [3.05, 3.63) is 35.9 Å². The molecule has 0 radical (unpaired) electrons. The van der Waals surface area contributed by atoms with Crippen LogP contribution in [0.3, 0.4) is 0 Å². The summed E-state index contributed by atoms with van der Waals surface area (Å²) in [7, 11) is 0. The minimum atomic E-state index is -1.05. The third-order valence-electron chi connectivity index (χ3n) is 4.88. The fourth-order valence-electron chi connectivity index (χ4n) is 3.57. The van der Waals surface area contributed by atoms with Gasteiger partial charge < -0.3 is 21.1 Å². The van der Waals surface area contributed by atoms with Crippen molar-refractivity contribution in [2.75, 3.05) is 24.5 Å². The van der Waals surface area contributed by atoms with Crippen molar-refractivity contribution in [2.24, 2.45) is 5.92 Å². The van der Waals surface area contributed by atoms with Crippen LogP contribution in [0.5, 0.6) is 5.75 Å². The molecule has 2 aliphatic heterocycles. The summed E-state index contributed by atoms with van der Waals surface area (Å²) >= 11 is 0. The van der Waals surface area contributed by atoms with Crippen LogP contribution < -0.4 is 28.5 Å². The second kappa shape index (κ2) is 9.49. The van der Waals surface area contributed by atoms with Crippen LogP contribution in [0.25, 0.3) is 0 Å². The number of carbonyl (C=O) groups excluding carboxylic acids is 1. The van der Waals surface area contributed by atoms with Crippen molar-refractivity contribution in [2.45, 2.75) is 39.2 Å². The van der Waals surface area contributed by atoms with Gasteiger partial charge in [0, 0.05) is 19.2 Å². The number of carboxylic acids is 1. The molecule has 0 saturated carbocycles. The van der Waals surface area contributed by atoms with E-state index < -0.39 is 23.7 Å². The summed E-state index contributed by atoms with van der Waals surface area (Å²) in [6.07, 6.45) is 3.66. The second-order valence-electron chi connectivity index (χ2n) is 7.45. The Morgan fingerprint density at radius 2 is 2.00 bits per heavy atom. The third-order valence-corrected chi connectivity index (χ3v) is 4.88. The topological polar surface area (TPSA) is 70.1 Å². The Hall–Kier alpha value is -1.97. The van der Waals surface area contributed by atoms with Crippen molar-refractivity contribution in [3.63, 3.8) is 0 Å². The van der Waals surface area contributed by atoms with Crippen LogP contribution >= 0.6 is 0 Å². The molecule has 2 aliphatic rings. The average molecular weight is 384 g/mol. The molecule has 1 saturated heterocycles. The number of carboxylic acid groups (broad SMARTS) is 1. The molecule has 1 unspecified atom stereocenters. The SMILES string of the molecule is CC(C)CC(C(=O)O)N1CC(Oc2cccc(N3CCCC3)c2F)=CC1=O.[H-].[Li+]. The number of rotatable bonds is 7. The monoisotopic (exact) mass is 384 g/mol. The number of amides is 1. The minimum Gasteiger partial charge on any atom is -1.00 e. The van der Waals surface area contributed by atoms with Crippen LogP contribution in [-0.4, -0.2) is 47.6 Å². The Morgan fingerprint density at radius 1 is 1.32 bits per heavy atom. The van der Waals surface area contributed by atoms with Crippen LogP contribution in [0.2, 0.25) is 0 Å². The van der Waals surface area contributed by atoms with Crippen LogP contribution in [0, 0.1) is 11.7 Å². The Morgan fingerprint density at radius 3 is 2.61 bits per heavy atom. The average Bonchev–Trinajstić information content (AvgIpc) is 3.24. The van der Waals surface area contributed by atoms with Gasteiger partial charge >= 0.3 is 24.8 Å². The van der Waals surface area contributed by atoms with E-state index in [0.29, 0.717) is 12.1 Å². The van der Waals surface area contributed by atoms with Gasteiger partial charge in [-0.2, -0.15) is 0 Å². The quantitative estimate of drug-likeness (QED) is 0.678. The van der Waals surface area contributed by atoms with E-state index in [4.69, 9.17) is 4.74 Å². The zero-order valence-corrected chi connectivity index (χ0v) is 16.7. The van der Waals surface area contributed by atoms with Crippen LogP contribution in [-0.2, 0) is 9.59 Å². The van der Waals surface area contributed by atoms with Crippen LogP contribution in [0.15, 0.2) is 30.0 Å². The third kappa shape index (κ3) is 4.89. The zero-order chi connectivity index (χ0) is 19.6. The van der Waals surface area contributed by atoms with Crippen LogP contribution in [0.1, 0.15) is 34.5 Å². The molecular weight excluding hydrogens is 358 g/mol. The maximum atomic E-state index is 14.8. The number of hydrogen-bond acceptors (Lipinski definition) is 4. The molecule has 148 valence electrons. The Kier molecular flexibility index (Phi) is 7.56. The molecule has 3 rings (SSSR count). The van der Waals surface area contributed by atoms with E-state index in [1.165, 1.54) is 17.0 Å². The number of hydrogen-bond donors (Lipinski definition) is 1. The minimum absolute atomic E-state index is 0. The van der Waals surface area contributed by atoms with Crippen molar-refractivity contribution < 1.29 is 44.1 Å². The molecule has 2 heterocycles. The molecule has 0 bridgehead atoms. The van der Waals surface area contributed by atoms with Gasteiger partial charge in [-0.3, -0.25) is 4.79 Å². The van der Waals surface area contributed by atoms with Gasteiger partial charge in [0.1, 0.15) is 11.8 Å². The van der Waals surface area contributed by atoms with E-state index >= 15 is 0 Å². The van der Waals surface area contributed by atoms with E-state index in [2.05, 4.69) is 0 Å². The molecule has 1 fully saturated rings. The normalized spacial score (nSPS) is 17.6. The molecule has 1 amide bonds. The Balaban J connectivity index is 0.00000210. The second-order valence-corrected chi connectivity index (χ2v) is 7.45. The molecule has 1 atom stereocenters. The number of aliphatic carboxylic acids is 1. The van der Waals surface area contributed by atoms with E-state index in [-0.39, 0.29) is 44.3 Å². The fourth-order valence-corrected chi connectivity index (χ4v) is 3.57. The largest absolute Gasteiger partial charge is 1.00 e. The molecular formula is C20H26FLiN2O4. The van der Waals surface area contributed by atoms with Gasteiger partial charge in [-0.25, -0.2) is 9.18 Å².